The summed E-state index contributed by atoms with van der Waals surface area (Å²) < 4.78 is 5.38. The van der Waals surface area contributed by atoms with Gasteiger partial charge in [-0.25, -0.2) is 0 Å². The average molecular weight is 219 g/mol. The summed E-state index contributed by atoms with van der Waals surface area (Å²) in [5.41, 5.74) is 7.34. The minimum Gasteiger partial charge on any atom is -0.496 e. The molecule has 2 unspecified atom stereocenters. The van der Waals surface area contributed by atoms with Crippen molar-refractivity contribution in [1.82, 2.24) is 0 Å². The molecule has 0 bridgehead atoms. The first-order valence-electron chi connectivity index (χ1n) is 6.17. The van der Waals surface area contributed by atoms with E-state index in [1.54, 1.807) is 7.11 Å². The van der Waals surface area contributed by atoms with Gasteiger partial charge in [0.15, 0.2) is 0 Å². The zero-order valence-corrected chi connectivity index (χ0v) is 9.99. The van der Waals surface area contributed by atoms with Crippen molar-refractivity contribution in [2.45, 2.75) is 38.1 Å². The SMILES string of the molecule is COc1ccccc1CC1CCCC(N)C1. The second-order valence-electron chi connectivity index (χ2n) is 4.81. The van der Waals surface area contributed by atoms with Crippen LogP contribution in [-0.4, -0.2) is 13.2 Å². The highest BCUT2D eigenvalue weighted by molar-refractivity contribution is 5.33. The van der Waals surface area contributed by atoms with E-state index in [9.17, 15) is 0 Å². The Labute approximate surface area is 97.8 Å². The molecule has 1 aliphatic rings. The summed E-state index contributed by atoms with van der Waals surface area (Å²) >= 11 is 0. The highest BCUT2D eigenvalue weighted by atomic mass is 16.5. The van der Waals surface area contributed by atoms with Gasteiger partial charge in [-0.15, -0.1) is 0 Å². The molecule has 88 valence electrons. The number of benzene rings is 1. The second-order valence-corrected chi connectivity index (χ2v) is 4.81. The third-order valence-corrected chi connectivity index (χ3v) is 3.52. The highest BCUT2D eigenvalue weighted by Crippen LogP contribution is 2.29. The molecule has 2 atom stereocenters. The number of hydrogen-bond acceptors (Lipinski definition) is 2. The zero-order chi connectivity index (χ0) is 11.4. The molecule has 0 heterocycles. The largest absolute Gasteiger partial charge is 0.496 e. The van der Waals surface area contributed by atoms with Crippen molar-refractivity contribution in [2.24, 2.45) is 11.7 Å². The third-order valence-electron chi connectivity index (χ3n) is 3.52. The molecule has 0 aromatic heterocycles. The lowest BCUT2D eigenvalue weighted by Gasteiger charge is -2.27. The van der Waals surface area contributed by atoms with Crippen LogP contribution in [0.1, 0.15) is 31.2 Å². The summed E-state index contributed by atoms with van der Waals surface area (Å²) in [5.74, 6) is 1.75. The van der Waals surface area contributed by atoms with E-state index in [1.807, 2.05) is 12.1 Å². The van der Waals surface area contributed by atoms with Gasteiger partial charge >= 0.3 is 0 Å². The monoisotopic (exact) mass is 219 g/mol. The Balaban J connectivity index is 2.02. The molecule has 1 aromatic carbocycles. The number of methoxy groups -OCH3 is 1. The summed E-state index contributed by atoms with van der Waals surface area (Å²) in [4.78, 5) is 0. The van der Waals surface area contributed by atoms with Gasteiger partial charge in [-0.3, -0.25) is 0 Å². The van der Waals surface area contributed by atoms with E-state index in [-0.39, 0.29) is 0 Å². The molecule has 1 aliphatic carbocycles. The predicted molar refractivity (Wildman–Crippen MR) is 66.6 cm³/mol. The van der Waals surface area contributed by atoms with Gasteiger partial charge in [-0.05, 0) is 36.8 Å². The van der Waals surface area contributed by atoms with Crippen LogP contribution in [0.25, 0.3) is 0 Å². The molecule has 0 spiro atoms. The number of nitrogens with two attached hydrogens (primary N) is 1. The van der Waals surface area contributed by atoms with E-state index in [1.165, 1.54) is 24.8 Å². The van der Waals surface area contributed by atoms with Crippen molar-refractivity contribution in [3.63, 3.8) is 0 Å². The van der Waals surface area contributed by atoms with Gasteiger partial charge in [-0.2, -0.15) is 0 Å². The van der Waals surface area contributed by atoms with E-state index < -0.39 is 0 Å². The van der Waals surface area contributed by atoms with Gasteiger partial charge in [-0.1, -0.05) is 31.0 Å². The molecule has 1 aromatic rings. The molecule has 0 amide bonds. The van der Waals surface area contributed by atoms with Crippen molar-refractivity contribution < 1.29 is 4.74 Å². The van der Waals surface area contributed by atoms with Crippen LogP contribution in [0.2, 0.25) is 0 Å². The quantitative estimate of drug-likeness (QED) is 0.848. The Morgan fingerprint density at radius 3 is 2.88 bits per heavy atom. The fourth-order valence-electron chi connectivity index (χ4n) is 2.70. The van der Waals surface area contributed by atoms with E-state index in [4.69, 9.17) is 10.5 Å². The Morgan fingerprint density at radius 2 is 2.12 bits per heavy atom. The topological polar surface area (TPSA) is 35.2 Å². The first-order valence-corrected chi connectivity index (χ1v) is 6.17. The standard InChI is InChI=1S/C14H21NO/c1-16-14-8-3-2-6-12(14)9-11-5-4-7-13(15)10-11/h2-3,6,8,11,13H,4-5,7,9-10,15H2,1H3. The summed E-state index contributed by atoms with van der Waals surface area (Å²) in [7, 11) is 1.74. The Morgan fingerprint density at radius 1 is 1.31 bits per heavy atom. The molecule has 0 radical (unpaired) electrons. The van der Waals surface area contributed by atoms with E-state index in [2.05, 4.69) is 12.1 Å². The van der Waals surface area contributed by atoms with Crippen molar-refractivity contribution in [2.75, 3.05) is 7.11 Å². The fraction of sp³-hybridized carbons (Fsp3) is 0.571. The van der Waals surface area contributed by atoms with Gasteiger partial charge in [0.05, 0.1) is 7.11 Å². The minimum atomic E-state index is 0.411. The molecule has 0 aliphatic heterocycles. The van der Waals surface area contributed by atoms with Crippen LogP contribution in [0.3, 0.4) is 0 Å². The van der Waals surface area contributed by atoms with Gasteiger partial charge in [0.25, 0.3) is 0 Å². The zero-order valence-electron chi connectivity index (χ0n) is 9.99. The maximum atomic E-state index is 6.02. The van der Waals surface area contributed by atoms with E-state index in [0.29, 0.717) is 6.04 Å². The Hall–Kier alpha value is -1.02. The lowest BCUT2D eigenvalue weighted by atomic mass is 9.82. The van der Waals surface area contributed by atoms with Crippen LogP contribution in [0.5, 0.6) is 5.75 Å². The molecule has 0 saturated heterocycles. The highest BCUT2D eigenvalue weighted by Gasteiger charge is 2.20. The lowest BCUT2D eigenvalue weighted by Crippen LogP contribution is -2.28. The van der Waals surface area contributed by atoms with Crippen LogP contribution in [0.4, 0.5) is 0 Å². The Kier molecular flexibility index (Phi) is 3.83. The molecule has 1 saturated carbocycles. The number of hydrogen-bond donors (Lipinski definition) is 1. The van der Waals surface area contributed by atoms with Gasteiger partial charge in [0, 0.05) is 6.04 Å². The maximum absolute atomic E-state index is 6.02. The second kappa shape index (κ2) is 5.35. The third kappa shape index (κ3) is 2.76. The first kappa shape index (κ1) is 11.5. The maximum Gasteiger partial charge on any atom is 0.122 e. The lowest BCUT2D eigenvalue weighted by molar-refractivity contribution is 0.316. The fourth-order valence-corrected chi connectivity index (χ4v) is 2.70. The molecule has 2 rings (SSSR count). The molecule has 2 N–H and O–H groups in total. The van der Waals surface area contributed by atoms with Crippen molar-refractivity contribution in [3.8, 4) is 5.75 Å². The van der Waals surface area contributed by atoms with Crippen LogP contribution < -0.4 is 10.5 Å². The molecular weight excluding hydrogens is 198 g/mol. The molecular formula is C14H21NO. The molecule has 2 nitrogen and oxygen atoms in total. The minimum absolute atomic E-state index is 0.411. The van der Waals surface area contributed by atoms with E-state index in [0.717, 1.165) is 24.5 Å². The van der Waals surface area contributed by atoms with Crippen molar-refractivity contribution >= 4 is 0 Å². The van der Waals surface area contributed by atoms with Crippen molar-refractivity contribution in [1.29, 1.82) is 0 Å². The van der Waals surface area contributed by atoms with Crippen LogP contribution in [0.15, 0.2) is 24.3 Å². The normalized spacial score (nSPS) is 25.4. The van der Waals surface area contributed by atoms with Gasteiger partial charge < -0.3 is 10.5 Å². The molecule has 1 fully saturated rings. The summed E-state index contributed by atoms with van der Waals surface area (Å²) in [5, 5.41) is 0. The number of para-hydroxylation sites is 1. The van der Waals surface area contributed by atoms with E-state index >= 15 is 0 Å². The predicted octanol–water partition coefficient (Wildman–Crippen LogP) is 2.76. The number of rotatable bonds is 3. The van der Waals surface area contributed by atoms with Crippen LogP contribution >= 0.6 is 0 Å². The summed E-state index contributed by atoms with van der Waals surface area (Å²) in [6, 6.07) is 8.72. The molecule has 2 heteroatoms. The molecule has 16 heavy (non-hydrogen) atoms. The smallest absolute Gasteiger partial charge is 0.122 e. The Bertz CT molecular complexity index is 337. The van der Waals surface area contributed by atoms with Crippen LogP contribution in [-0.2, 0) is 6.42 Å². The summed E-state index contributed by atoms with van der Waals surface area (Å²) in [6.07, 6.45) is 6.06. The van der Waals surface area contributed by atoms with Gasteiger partial charge in [0.1, 0.15) is 5.75 Å². The summed E-state index contributed by atoms with van der Waals surface area (Å²) in [6.45, 7) is 0. The first-order chi connectivity index (χ1) is 7.79. The number of ether oxygens (including phenoxy) is 1. The average Bonchev–Trinajstić information content (AvgIpc) is 2.30. The van der Waals surface area contributed by atoms with Crippen LogP contribution in [0, 0.1) is 5.92 Å². The van der Waals surface area contributed by atoms with Gasteiger partial charge in [0.2, 0.25) is 0 Å². The van der Waals surface area contributed by atoms with Crippen molar-refractivity contribution in [3.05, 3.63) is 29.8 Å².